The molecular weight excluding hydrogens is 262 g/mol. The summed E-state index contributed by atoms with van der Waals surface area (Å²) in [4.78, 5) is 10.0. The van der Waals surface area contributed by atoms with Crippen molar-refractivity contribution in [2.75, 3.05) is 0 Å². The van der Waals surface area contributed by atoms with E-state index in [2.05, 4.69) is 5.32 Å². The summed E-state index contributed by atoms with van der Waals surface area (Å²) in [6.07, 6.45) is -0.535. The fraction of sp³-hybridized carbons (Fsp3) is 0.538. The molecule has 1 aromatic carbocycles. The fourth-order valence-electron chi connectivity index (χ4n) is 2.28. The quantitative estimate of drug-likeness (QED) is 0.567. The molecule has 0 aliphatic carbocycles. The van der Waals surface area contributed by atoms with Crippen molar-refractivity contribution >= 4 is 5.69 Å². The van der Waals surface area contributed by atoms with Crippen molar-refractivity contribution < 1.29 is 15.2 Å². The van der Waals surface area contributed by atoms with Crippen LogP contribution in [-0.2, 0) is 0 Å². The lowest BCUT2D eigenvalue weighted by Crippen LogP contribution is -2.52. The largest absolute Gasteiger partial charge is 0.502 e. The third kappa shape index (κ3) is 2.04. The number of nitro benzene ring substituents is 1. The molecule has 0 spiro atoms. The number of hydrogen-bond acceptors (Lipinski definition) is 6. The van der Waals surface area contributed by atoms with Crippen molar-refractivity contribution in [1.82, 2.24) is 10.4 Å². The topological polar surface area (TPSA) is 98.9 Å². The van der Waals surface area contributed by atoms with E-state index in [1.54, 1.807) is 0 Å². The number of nitrogens with zero attached hydrogens (tertiary/aromatic N) is 2. The van der Waals surface area contributed by atoms with Gasteiger partial charge in [0, 0.05) is 11.6 Å². The Morgan fingerprint density at radius 2 is 1.95 bits per heavy atom. The zero-order valence-electron chi connectivity index (χ0n) is 11.9. The molecule has 0 bridgehead atoms. The Morgan fingerprint density at radius 3 is 2.35 bits per heavy atom. The lowest BCUT2D eigenvalue weighted by molar-refractivity contribution is -0.385. The van der Waals surface area contributed by atoms with E-state index in [9.17, 15) is 20.4 Å². The van der Waals surface area contributed by atoms with Crippen LogP contribution in [0.1, 0.15) is 39.4 Å². The van der Waals surface area contributed by atoms with E-state index in [1.165, 1.54) is 23.3 Å². The number of hydrogen-bond donors (Lipinski definition) is 3. The number of nitro groups is 1. The molecule has 1 heterocycles. The van der Waals surface area contributed by atoms with Crippen LogP contribution in [0.4, 0.5) is 5.69 Å². The van der Waals surface area contributed by atoms with Crippen LogP contribution in [0.25, 0.3) is 0 Å². The summed E-state index contributed by atoms with van der Waals surface area (Å²) in [5.74, 6) is -0.412. The van der Waals surface area contributed by atoms with Crippen LogP contribution < -0.4 is 5.32 Å². The van der Waals surface area contributed by atoms with Gasteiger partial charge in [0.05, 0.1) is 10.5 Å². The smallest absolute Gasteiger partial charge is 0.310 e. The molecule has 1 fully saturated rings. The number of phenols is 1. The van der Waals surface area contributed by atoms with E-state index in [4.69, 9.17) is 0 Å². The van der Waals surface area contributed by atoms with E-state index in [0.717, 1.165) is 0 Å². The van der Waals surface area contributed by atoms with E-state index in [-0.39, 0.29) is 11.2 Å². The van der Waals surface area contributed by atoms with Gasteiger partial charge in [-0.05, 0) is 45.4 Å². The fourth-order valence-corrected chi connectivity index (χ4v) is 2.28. The van der Waals surface area contributed by atoms with Gasteiger partial charge in [0.25, 0.3) is 0 Å². The molecular formula is C13H19N3O4. The molecule has 3 N–H and O–H groups in total. The van der Waals surface area contributed by atoms with Crippen LogP contribution in [0.5, 0.6) is 5.75 Å². The summed E-state index contributed by atoms with van der Waals surface area (Å²) < 4.78 is 0. The highest BCUT2D eigenvalue weighted by Crippen LogP contribution is 2.42. The Hall–Kier alpha value is -1.70. The Morgan fingerprint density at radius 1 is 1.35 bits per heavy atom. The van der Waals surface area contributed by atoms with Crippen molar-refractivity contribution in [1.29, 1.82) is 0 Å². The lowest BCUT2D eigenvalue weighted by Gasteiger charge is -2.36. The average molecular weight is 281 g/mol. The van der Waals surface area contributed by atoms with Crippen LogP contribution in [0, 0.1) is 10.1 Å². The zero-order valence-corrected chi connectivity index (χ0v) is 11.9. The molecule has 0 amide bonds. The van der Waals surface area contributed by atoms with Crippen molar-refractivity contribution in [3.8, 4) is 5.75 Å². The summed E-state index contributed by atoms with van der Waals surface area (Å²) in [5.41, 5.74) is -0.692. The third-order valence-corrected chi connectivity index (χ3v) is 4.36. The molecule has 7 nitrogen and oxygen atoms in total. The molecule has 1 saturated heterocycles. The van der Waals surface area contributed by atoms with Crippen LogP contribution in [0.15, 0.2) is 18.2 Å². The normalized spacial score (nSPS) is 24.8. The Bertz CT molecular complexity index is 557. The molecule has 0 aromatic heterocycles. The molecule has 1 aromatic rings. The predicted octanol–water partition coefficient (Wildman–Crippen LogP) is 2.15. The van der Waals surface area contributed by atoms with Gasteiger partial charge in [0.2, 0.25) is 0 Å². The first-order valence-corrected chi connectivity index (χ1v) is 6.31. The SMILES string of the molecule is CC1(C)NC(c2ccc([N+](=O)[O-])c(O)c2)N(O)C1(C)C. The minimum atomic E-state index is -0.647. The molecule has 1 unspecified atom stereocenters. The molecule has 0 saturated carbocycles. The molecule has 0 radical (unpaired) electrons. The highest BCUT2D eigenvalue weighted by atomic mass is 16.6. The van der Waals surface area contributed by atoms with Gasteiger partial charge in [-0.15, -0.1) is 0 Å². The highest BCUT2D eigenvalue weighted by Gasteiger charge is 2.52. The second-order valence-electron chi connectivity index (χ2n) is 6.08. The van der Waals surface area contributed by atoms with Gasteiger partial charge in [0.15, 0.2) is 5.75 Å². The van der Waals surface area contributed by atoms with Gasteiger partial charge in [-0.1, -0.05) is 0 Å². The number of benzene rings is 1. The minimum Gasteiger partial charge on any atom is -0.502 e. The first-order valence-electron chi connectivity index (χ1n) is 6.31. The summed E-state index contributed by atoms with van der Waals surface area (Å²) in [5, 5.41) is 35.2. The van der Waals surface area contributed by atoms with Crippen LogP contribution in [-0.4, -0.2) is 31.4 Å². The van der Waals surface area contributed by atoms with Gasteiger partial charge < -0.3 is 10.3 Å². The van der Waals surface area contributed by atoms with E-state index >= 15 is 0 Å². The third-order valence-electron chi connectivity index (χ3n) is 4.36. The minimum absolute atomic E-state index is 0.352. The Balaban J connectivity index is 2.39. The second kappa shape index (κ2) is 4.41. The molecule has 1 atom stereocenters. The molecule has 7 heteroatoms. The van der Waals surface area contributed by atoms with Crippen molar-refractivity contribution in [3.05, 3.63) is 33.9 Å². The monoisotopic (exact) mass is 281 g/mol. The van der Waals surface area contributed by atoms with Crippen LogP contribution >= 0.6 is 0 Å². The second-order valence-corrected chi connectivity index (χ2v) is 6.08. The number of hydroxylamine groups is 2. The number of aromatic hydroxyl groups is 1. The van der Waals surface area contributed by atoms with Gasteiger partial charge >= 0.3 is 5.69 Å². The van der Waals surface area contributed by atoms with Gasteiger partial charge in [-0.2, -0.15) is 5.06 Å². The zero-order chi connectivity index (χ0) is 15.3. The maximum Gasteiger partial charge on any atom is 0.310 e. The number of phenolic OH excluding ortho intramolecular Hbond substituents is 1. The van der Waals surface area contributed by atoms with Crippen molar-refractivity contribution in [2.45, 2.75) is 44.9 Å². The molecule has 1 aliphatic rings. The average Bonchev–Trinajstić information content (AvgIpc) is 2.49. The molecule has 2 rings (SSSR count). The van der Waals surface area contributed by atoms with E-state index < -0.39 is 22.4 Å². The molecule has 1 aliphatic heterocycles. The predicted molar refractivity (Wildman–Crippen MR) is 72.4 cm³/mol. The standard InChI is InChI=1S/C13H19N3O4/c1-12(2)13(3,4)15(18)11(14-12)8-5-6-9(16(19)20)10(17)7-8/h5-7,11,14,17-18H,1-4H3. The number of rotatable bonds is 2. The van der Waals surface area contributed by atoms with Crippen molar-refractivity contribution in [2.24, 2.45) is 0 Å². The van der Waals surface area contributed by atoms with Gasteiger partial charge in [-0.25, -0.2) is 0 Å². The van der Waals surface area contributed by atoms with Crippen molar-refractivity contribution in [3.63, 3.8) is 0 Å². The van der Waals surface area contributed by atoms with Gasteiger partial charge in [-0.3, -0.25) is 15.4 Å². The lowest BCUT2D eigenvalue weighted by atomic mass is 9.84. The summed E-state index contributed by atoms with van der Waals surface area (Å²) in [6, 6.07) is 4.06. The molecule has 20 heavy (non-hydrogen) atoms. The first kappa shape index (κ1) is 14.7. The Labute approximate surface area is 116 Å². The first-order chi connectivity index (χ1) is 9.08. The highest BCUT2D eigenvalue weighted by molar-refractivity contribution is 5.48. The number of nitrogens with one attached hydrogen (secondary N) is 1. The summed E-state index contributed by atoms with van der Waals surface area (Å²) in [7, 11) is 0. The van der Waals surface area contributed by atoms with Gasteiger partial charge in [0.1, 0.15) is 6.17 Å². The van der Waals surface area contributed by atoms with E-state index in [1.807, 2.05) is 27.7 Å². The molecule has 110 valence electrons. The summed E-state index contributed by atoms with van der Waals surface area (Å²) >= 11 is 0. The maximum absolute atomic E-state index is 10.7. The van der Waals surface area contributed by atoms with Crippen LogP contribution in [0.3, 0.4) is 0 Å². The Kier molecular flexibility index (Phi) is 3.24. The summed E-state index contributed by atoms with van der Waals surface area (Å²) in [6.45, 7) is 7.71. The maximum atomic E-state index is 10.7. The van der Waals surface area contributed by atoms with E-state index in [0.29, 0.717) is 5.56 Å². The van der Waals surface area contributed by atoms with Crippen LogP contribution in [0.2, 0.25) is 0 Å².